The largest absolute Gasteiger partial charge is 0.338 e. The summed E-state index contributed by atoms with van der Waals surface area (Å²) in [6, 6.07) is 7.83. The fraction of sp³-hybridized carbons (Fsp3) is 0.556. The molecule has 1 saturated carbocycles. The average molecular weight is 342 g/mol. The Morgan fingerprint density at radius 1 is 1.32 bits per heavy atom. The highest BCUT2D eigenvalue weighted by molar-refractivity contribution is 5.74. The number of carbonyl (C=O) groups excluding carboxylic acids is 1. The Labute approximate surface area is 148 Å². The molecule has 1 aliphatic rings. The summed E-state index contributed by atoms with van der Waals surface area (Å²) in [5, 5.41) is 18.5. The van der Waals surface area contributed by atoms with Gasteiger partial charge in [-0.05, 0) is 67.5 Å². The number of hydrogen-bond donors (Lipinski definition) is 2. The molecule has 2 N–H and O–H groups in total. The fourth-order valence-corrected chi connectivity index (χ4v) is 3.53. The molecular formula is C18H26N6O. The van der Waals surface area contributed by atoms with Gasteiger partial charge in [-0.2, -0.15) is 4.68 Å². The van der Waals surface area contributed by atoms with Gasteiger partial charge in [-0.15, -0.1) is 5.10 Å². The van der Waals surface area contributed by atoms with Crippen LogP contribution >= 0.6 is 0 Å². The number of para-hydroxylation sites is 1. The van der Waals surface area contributed by atoms with Crippen LogP contribution in [0.25, 0.3) is 5.69 Å². The Hall–Kier alpha value is -2.44. The van der Waals surface area contributed by atoms with E-state index < -0.39 is 5.54 Å². The minimum atomic E-state index is -0.544. The molecule has 0 bridgehead atoms. The minimum Gasteiger partial charge on any atom is -0.338 e. The van der Waals surface area contributed by atoms with Gasteiger partial charge in [0.05, 0.1) is 5.69 Å². The van der Waals surface area contributed by atoms with E-state index in [1.807, 2.05) is 38.1 Å². The zero-order chi connectivity index (χ0) is 17.9. The van der Waals surface area contributed by atoms with Gasteiger partial charge in [0.15, 0.2) is 5.82 Å². The molecule has 0 saturated heterocycles. The van der Waals surface area contributed by atoms with Crippen LogP contribution in [0.4, 0.5) is 4.79 Å². The first-order chi connectivity index (χ1) is 12.1. The first kappa shape index (κ1) is 17.4. The molecule has 2 amide bonds. The second-order valence-corrected chi connectivity index (χ2v) is 6.95. The van der Waals surface area contributed by atoms with Gasteiger partial charge in [0.2, 0.25) is 0 Å². The number of amides is 2. The third-order valence-corrected chi connectivity index (χ3v) is 5.06. The molecule has 1 fully saturated rings. The van der Waals surface area contributed by atoms with E-state index in [0.717, 1.165) is 36.9 Å². The van der Waals surface area contributed by atoms with E-state index >= 15 is 0 Å². The van der Waals surface area contributed by atoms with Crippen LogP contribution in [0.15, 0.2) is 24.3 Å². The van der Waals surface area contributed by atoms with Crippen molar-refractivity contribution in [2.75, 3.05) is 6.54 Å². The van der Waals surface area contributed by atoms with Crippen LogP contribution in [0, 0.1) is 12.8 Å². The summed E-state index contributed by atoms with van der Waals surface area (Å²) in [5.74, 6) is 1.35. The van der Waals surface area contributed by atoms with Crippen LogP contribution in [0.5, 0.6) is 0 Å². The molecule has 0 aliphatic heterocycles. The second-order valence-electron chi connectivity index (χ2n) is 6.95. The Morgan fingerprint density at radius 2 is 2.04 bits per heavy atom. The van der Waals surface area contributed by atoms with Crippen molar-refractivity contribution < 1.29 is 4.79 Å². The normalized spacial score (nSPS) is 23.2. The van der Waals surface area contributed by atoms with Crippen LogP contribution in [0.3, 0.4) is 0 Å². The van der Waals surface area contributed by atoms with E-state index in [4.69, 9.17) is 0 Å². The molecule has 7 nitrogen and oxygen atoms in total. The lowest BCUT2D eigenvalue weighted by atomic mass is 9.76. The maximum absolute atomic E-state index is 12.3. The first-order valence-corrected chi connectivity index (χ1v) is 8.96. The number of carbonyl (C=O) groups is 1. The summed E-state index contributed by atoms with van der Waals surface area (Å²) in [4.78, 5) is 12.3. The molecule has 1 aliphatic carbocycles. The Kier molecular flexibility index (Phi) is 5.01. The third-order valence-electron chi connectivity index (χ3n) is 5.06. The SMILES string of the molecule is CCNC(=O)NC1(c2nnnn2-c2ccccc2C)CCC(C)CC1. The van der Waals surface area contributed by atoms with E-state index in [0.29, 0.717) is 18.3 Å². The number of aromatic nitrogens is 4. The maximum Gasteiger partial charge on any atom is 0.315 e. The van der Waals surface area contributed by atoms with Crippen LogP contribution in [0.1, 0.15) is 50.9 Å². The minimum absolute atomic E-state index is 0.170. The number of nitrogens with zero attached hydrogens (tertiary/aromatic N) is 4. The number of aryl methyl sites for hydroxylation is 1. The summed E-state index contributed by atoms with van der Waals surface area (Å²) in [5.41, 5.74) is 1.49. The maximum atomic E-state index is 12.3. The smallest absolute Gasteiger partial charge is 0.315 e. The highest BCUT2D eigenvalue weighted by Crippen LogP contribution is 2.39. The molecular weight excluding hydrogens is 316 g/mol. The number of nitrogens with one attached hydrogen (secondary N) is 2. The third kappa shape index (κ3) is 3.50. The predicted octanol–water partition coefficient (Wildman–Crippen LogP) is 2.70. The summed E-state index contributed by atoms with van der Waals surface area (Å²) in [6.07, 6.45) is 3.73. The molecule has 0 spiro atoms. The van der Waals surface area contributed by atoms with Gasteiger partial charge in [-0.3, -0.25) is 0 Å². The lowest BCUT2D eigenvalue weighted by Gasteiger charge is -2.38. The molecule has 1 aromatic heterocycles. The van der Waals surface area contributed by atoms with E-state index in [1.54, 1.807) is 4.68 Å². The lowest BCUT2D eigenvalue weighted by molar-refractivity contribution is 0.176. The molecule has 1 aromatic carbocycles. The monoisotopic (exact) mass is 342 g/mol. The van der Waals surface area contributed by atoms with Crippen LogP contribution in [-0.4, -0.2) is 32.8 Å². The van der Waals surface area contributed by atoms with E-state index in [2.05, 4.69) is 33.1 Å². The van der Waals surface area contributed by atoms with Crippen molar-refractivity contribution >= 4 is 6.03 Å². The van der Waals surface area contributed by atoms with Gasteiger partial charge < -0.3 is 10.6 Å². The van der Waals surface area contributed by atoms with Crippen molar-refractivity contribution in [1.82, 2.24) is 30.8 Å². The summed E-state index contributed by atoms with van der Waals surface area (Å²) in [6.45, 7) is 6.78. The summed E-state index contributed by atoms with van der Waals surface area (Å²) < 4.78 is 1.78. The topological polar surface area (TPSA) is 84.7 Å². The highest BCUT2D eigenvalue weighted by atomic mass is 16.2. The summed E-state index contributed by atoms with van der Waals surface area (Å²) in [7, 11) is 0. The zero-order valence-corrected chi connectivity index (χ0v) is 15.1. The van der Waals surface area contributed by atoms with Gasteiger partial charge in [-0.1, -0.05) is 25.1 Å². The molecule has 0 atom stereocenters. The molecule has 3 rings (SSSR count). The van der Waals surface area contributed by atoms with Crippen LogP contribution in [0.2, 0.25) is 0 Å². The quantitative estimate of drug-likeness (QED) is 0.895. The van der Waals surface area contributed by atoms with Crippen molar-refractivity contribution in [3.05, 3.63) is 35.7 Å². The predicted molar refractivity (Wildman–Crippen MR) is 95.4 cm³/mol. The van der Waals surface area contributed by atoms with E-state index in [1.165, 1.54) is 0 Å². The average Bonchev–Trinajstić information content (AvgIpc) is 3.08. The first-order valence-electron chi connectivity index (χ1n) is 8.96. The molecule has 25 heavy (non-hydrogen) atoms. The molecule has 0 radical (unpaired) electrons. The van der Waals surface area contributed by atoms with E-state index in [-0.39, 0.29) is 6.03 Å². The van der Waals surface area contributed by atoms with Gasteiger partial charge in [0.1, 0.15) is 5.54 Å². The second kappa shape index (κ2) is 7.21. The van der Waals surface area contributed by atoms with Crippen LogP contribution in [-0.2, 0) is 5.54 Å². The standard InChI is InChI=1S/C18H26N6O/c1-4-19-17(25)20-18(11-9-13(2)10-12-18)16-21-22-23-24(16)15-8-6-5-7-14(15)3/h5-8,13H,4,9-12H2,1-3H3,(H2,19,20,25). The Balaban J connectivity index is 2.02. The van der Waals surface area contributed by atoms with Gasteiger partial charge in [0, 0.05) is 6.54 Å². The highest BCUT2D eigenvalue weighted by Gasteiger charge is 2.42. The number of hydrogen-bond acceptors (Lipinski definition) is 4. The van der Waals surface area contributed by atoms with Crippen molar-refractivity contribution in [3.63, 3.8) is 0 Å². The number of rotatable bonds is 4. The van der Waals surface area contributed by atoms with Crippen molar-refractivity contribution in [2.45, 2.75) is 52.0 Å². The summed E-state index contributed by atoms with van der Waals surface area (Å²) >= 11 is 0. The van der Waals surface area contributed by atoms with Gasteiger partial charge in [0.25, 0.3) is 0 Å². The number of tetrazole rings is 1. The molecule has 0 unspecified atom stereocenters. The number of benzene rings is 1. The molecule has 1 heterocycles. The number of urea groups is 1. The van der Waals surface area contributed by atoms with Crippen molar-refractivity contribution in [3.8, 4) is 5.69 Å². The Morgan fingerprint density at radius 3 is 2.72 bits per heavy atom. The molecule has 134 valence electrons. The van der Waals surface area contributed by atoms with E-state index in [9.17, 15) is 4.79 Å². The Bertz CT molecular complexity index is 733. The van der Waals surface area contributed by atoms with Gasteiger partial charge >= 0.3 is 6.03 Å². The molecule has 7 heteroatoms. The fourth-order valence-electron chi connectivity index (χ4n) is 3.53. The van der Waals surface area contributed by atoms with Crippen molar-refractivity contribution in [1.29, 1.82) is 0 Å². The van der Waals surface area contributed by atoms with Gasteiger partial charge in [-0.25, -0.2) is 4.79 Å². The van der Waals surface area contributed by atoms with Crippen molar-refractivity contribution in [2.24, 2.45) is 5.92 Å². The van der Waals surface area contributed by atoms with Crippen LogP contribution < -0.4 is 10.6 Å². The molecule has 2 aromatic rings. The zero-order valence-electron chi connectivity index (χ0n) is 15.1. The lowest BCUT2D eigenvalue weighted by Crippen LogP contribution is -2.53.